The van der Waals surface area contributed by atoms with Crippen LogP contribution >= 0.6 is 11.3 Å². The van der Waals surface area contributed by atoms with E-state index in [2.05, 4.69) is 4.98 Å². The van der Waals surface area contributed by atoms with Crippen molar-refractivity contribution >= 4 is 23.2 Å². The molecule has 1 aromatic carbocycles. The van der Waals surface area contributed by atoms with Crippen molar-refractivity contribution in [3.8, 4) is 10.6 Å². The first-order valence-corrected chi connectivity index (χ1v) is 7.78. The summed E-state index contributed by atoms with van der Waals surface area (Å²) in [5, 5.41) is 11.1. The number of carbonyl (C=O) groups excluding carboxylic acids is 1. The standard InChI is InChI=1S/C15H13FN2O4S/c16-10-4-2-1-3-9(10)13-17-11(8-23-13)14(19)18-5-6-22-7-12(18)15(20)21/h1-4,8,12H,5-7H2,(H,20,21)/t12-/m1/s1. The molecule has 3 rings (SSSR count). The van der Waals surface area contributed by atoms with Crippen LogP contribution in [0.5, 0.6) is 0 Å². The molecule has 0 radical (unpaired) electrons. The highest BCUT2D eigenvalue weighted by Crippen LogP contribution is 2.27. The number of benzene rings is 1. The minimum absolute atomic E-state index is 0.0502. The molecule has 23 heavy (non-hydrogen) atoms. The summed E-state index contributed by atoms with van der Waals surface area (Å²) in [6.07, 6.45) is 0. The summed E-state index contributed by atoms with van der Waals surface area (Å²) in [6, 6.07) is 5.13. The molecule has 1 saturated heterocycles. The van der Waals surface area contributed by atoms with Crippen LogP contribution in [0.1, 0.15) is 10.5 Å². The Bertz CT molecular complexity index is 749. The summed E-state index contributed by atoms with van der Waals surface area (Å²) >= 11 is 1.14. The fourth-order valence-electron chi connectivity index (χ4n) is 2.33. The van der Waals surface area contributed by atoms with Crippen LogP contribution in [-0.4, -0.2) is 52.7 Å². The fourth-order valence-corrected chi connectivity index (χ4v) is 3.15. The predicted molar refractivity (Wildman–Crippen MR) is 80.8 cm³/mol. The van der Waals surface area contributed by atoms with E-state index in [9.17, 15) is 19.1 Å². The van der Waals surface area contributed by atoms with E-state index in [1.165, 1.54) is 16.3 Å². The first kappa shape index (κ1) is 15.6. The number of hydrogen-bond acceptors (Lipinski definition) is 5. The molecule has 8 heteroatoms. The number of carbonyl (C=O) groups is 2. The second-order valence-electron chi connectivity index (χ2n) is 4.95. The van der Waals surface area contributed by atoms with Crippen molar-refractivity contribution in [2.75, 3.05) is 19.8 Å². The summed E-state index contributed by atoms with van der Waals surface area (Å²) < 4.78 is 18.9. The number of ether oxygens (including phenoxy) is 1. The van der Waals surface area contributed by atoms with E-state index in [4.69, 9.17) is 4.74 Å². The summed E-state index contributed by atoms with van der Waals surface area (Å²) in [7, 11) is 0. The minimum Gasteiger partial charge on any atom is -0.480 e. The number of amides is 1. The van der Waals surface area contributed by atoms with Gasteiger partial charge in [0.2, 0.25) is 0 Å². The maximum atomic E-state index is 13.8. The van der Waals surface area contributed by atoms with Crippen molar-refractivity contribution < 1.29 is 23.8 Å². The average Bonchev–Trinajstić information content (AvgIpc) is 3.04. The van der Waals surface area contributed by atoms with Crippen LogP contribution in [0.2, 0.25) is 0 Å². The van der Waals surface area contributed by atoms with Crippen LogP contribution < -0.4 is 0 Å². The zero-order valence-corrected chi connectivity index (χ0v) is 12.8. The van der Waals surface area contributed by atoms with E-state index in [-0.39, 0.29) is 25.5 Å². The highest BCUT2D eigenvalue weighted by Gasteiger charge is 2.34. The Labute approximate surface area is 135 Å². The SMILES string of the molecule is O=C(O)[C@H]1COCCN1C(=O)c1csc(-c2ccccc2F)n1. The number of rotatable bonds is 3. The van der Waals surface area contributed by atoms with Gasteiger partial charge in [0.05, 0.1) is 13.2 Å². The molecule has 0 bridgehead atoms. The van der Waals surface area contributed by atoms with Gasteiger partial charge < -0.3 is 14.7 Å². The molecule has 1 amide bonds. The lowest BCUT2D eigenvalue weighted by Crippen LogP contribution is -2.52. The van der Waals surface area contributed by atoms with Gasteiger partial charge in [-0.25, -0.2) is 14.2 Å². The Morgan fingerprint density at radius 1 is 1.39 bits per heavy atom. The minimum atomic E-state index is -1.12. The third kappa shape index (κ3) is 3.08. The van der Waals surface area contributed by atoms with Crippen molar-refractivity contribution in [3.05, 3.63) is 41.2 Å². The second-order valence-corrected chi connectivity index (χ2v) is 5.80. The van der Waals surface area contributed by atoms with Crippen LogP contribution in [0.25, 0.3) is 10.6 Å². The Morgan fingerprint density at radius 3 is 2.91 bits per heavy atom. The van der Waals surface area contributed by atoms with Crippen molar-refractivity contribution in [2.45, 2.75) is 6.04 Å². The third-order valence-corrected chi connectivity index (χ3v) is 4.38. The zero-order chi connectivity index (χ0) is 16.4. The largest absolute Gasteiger partial charge is 0.480 e. The third-order valence-electron chi connectivity index (χ3n) is 3.50. The molecule has 2 aromatic rings. The number of carboxylic acids is 1. The van der Waals surface area contributed by atoms with Crippen molar-refractivity contribution in [2.24, 2.45) is 0 Å². The van der Waals surface area contributed by atoms with E-state index in [0.717, 1.165) is 11.3 Å². The molecule has 1 N–H and O–H groups in total. The summed E-state index contributed by atoms with van der Waals surface area (Å²) in [4.78, 5) is 29.1. The van der Waals surface area contributed by atoms with Gasteiger partial charge in [0, 0.05) is 17.5 Å². The van der Waals surface area contributed by atoms with Gasteiger partial charge in [-0.2, -0.15) is 0 Å². The van der Waals surface area contributed by atoms with Crippen LogP contribution in [0.15, 0.2) is 29.6 Å². The van der Waals surface area contributed by atoms with Gasteiger partial charge in [-0.3, -0.25) is 4.79 Å². The molecule has 0 unspecified atom stereocenters. The Kier molecular flexibility index (Phi) is 4.35. The number of carboxylic acid groups (broad SMARTS) is 1. The fraction of sp³-hybridized carbons (Fsp3) is 0.267. The van der Waals surface area contributed by atoms with E-state index in [1.807, 2.05) is 0 Å². The summed E-state index contributed by atoms with van der Waals surface area (Å²) in [5.74, 6) is -2.03. The van der Waals surface area contributed by atoms with Crippen LogP contribution in [0.3, 0.4) is 0 Å². The van der Waals surface area contributed by atoms with Gasteiger partial charge in [-0.1, -0.05) is 12.1 Å². The average molecular weight is 336 g/mol. The quantitative estimate of drug-likeness (QED) is 0.926. The highest BCUT2D eigenvalue weighted by atomic mass is 32.1. The predicted octanol–water partition coefficient (Wildman–Crippen LogP) is 1.87. The maximum Gasteiger partial charge on any atom is 0.328 e. The van der Waals surface area contributed by atoms with Gasteiger partial charge in [-0.15, -0.1) is 11.3 Å². The van der Waals surface area contributed by atoms with Crippen molar-refractivity contribution in [1.82, 2.24) is 9.88 Å². The lowest BCUT2D eigenvalue weighted by molar-refractivity contribution is -0.147. The summed E-state index contributed by atoms with van der Waals surface area (Å²) in [5.41, 5.74) is 0.426. The Balaban J connectivity index is 1.86. The Hall–Kier alpha value is -2.32. The molecule has 0 spiro atoms. The molecule has 1 aliphatic heterocycles. The lowest BCUT2D eigenvalue weighted by Gasteiger charge is -2.32. The molecule has 6 nitrogen and oxygen atoms in total. The normalized spacial score (nSPS) is 18.0. The lowest BCUT2D eigenvalue weighted by atomic mass is 10.2. The van der Waals surface area contributed by atoms with E-state index < -0.39 is 23.7 Å². The second kappa shape index (κ2) is 6.43. The molecular weight excluding hydrogens is 323 g/mol. The Morgan fingerprint density at radius 2 is 2.17 bits per heavy atom. The zero-order valence-electron chi connectivity index (χ0n) is 11.9. The first-order chi connectivity index (χ1) is 11.1. The number of morpholine rings is 1. The first-order valence-electron chi connectivity index (χ1n) is 6.90. The molecular formula is C15H13FN2O4S. The molecule has 0 saturated carbocycles. The monoisotopic (exact) mass is 336 g/mol. The molecule has 2 heterocycles. The van der Waals surface area contributed by atoms with Gasteiger partial charge in [-0.05, 0) is 12.1 Å². The number of hydrogen-bond donors (Lipinski definition) is 1. The van der Waals surface area contributed by atoms with Gasteiger partial charge in [0.1, 0.15) is 16.5 Å². The van der Waals surface area contributed by atoms with E-state index in [1.54, 1.807) is 18.2 Å². The topological polar surface area (TPSA) is 79.7 Å². The van der Waals surface area contributed by atoms with E-state index >= 15 is 0 Å². The van der Waals surface area contributed by atoms with Crippen LogP contribution in [0, 0.1) is 5.82 Å². The molecule has 1 aromatic heterocycles. The van der Waals surface area contributed by atoms with Crippen molar-refractivity contribution in [3.63, 3.8) is 0 Å². The smallest absolute Gasteiger partial charge is 0.328 e. The molecule has 1 atom stereocenters. The van der Waals surface area contributed by atoms with Crippen LogP contribution in [0.4, 0.5) is 4.39 Å². The number of aromatic nitrogens is 1. The van der Waals surface area contributed by atoms with Gasteiger partial charge in [0.15, 0.2) is 6.04 Å². The van der Waals surface area contributed by atoms with E-state index in [0.29, 0.717) is 10.6 Å². The molecule has 1 fully saturated rings. The number of nitrogens with zero attached hydrogens (tertiary/aromatic N) is 2. The molecule has 1 aliphatic rings. The maximum absolute atomic E-state index is 13.8. The number of halogens is 1. The van der Waals surface area contributed by atoms with Crippen molar-refractivity contribution in [1.29, 1.82) is 0 Å². The van der Waals surface area contributed by atoms with Gasteiger partial charge >= 0.3 is 5.97 Å². The van der Waals surface area contributed by atoms with Gasteiger partial charge in [0.25, 0.3) is 5.91 Å². The summed E-state index contributed by atoms with van der Waals surface area (Å²) in [6.45, 7) is 0.410. The molecule has 120 valence electrons. The molecule has 0 aliphatic carbocycles. The number of aliphatic carboxylic acids is 1. The number of thiazole rings is 1. The highest BCUT2D eigenvalue weighted by molar-refractivity contribution is 7.13. The van der Waals surface area contributed by atoms with Crippen LogP contribution in [-0.2, 0) is 9.53 Å².